The summed E-state index contributed by atoms with van der Waals surface area (Å²) in [5, 5.41) is 0. The van der Waals surface area contributed by atoms with Crippen molar-refractivity contribution in [1.29, 1.82) is 0 Å². The first-order chi connectivity index (χ1) is 11.0. The molecule has 136 valence electrons. The van der Waals surface area contributed by atoms with E-state index in [9.17, 15) is 19.2 Å². The molecule has 1 aliphatic rings. The fraction of sp³-hybridized carbons (Fsp3) is 0.714. The molecule has 0 aliphatic heterocycles. The highest BCUT2D eigenvalue weighted by Crippen LogP contribution is 2.38. The maximum atomic E-state index is 11.5. The van der Waals surface area contributed by atoms with E-state index in [0.29, 0.717) is 0 Å². The molecule has 0 saturated heterocycles. The molecule has 24 heavy (non-hydrogen) atoms. The highest BCUT2D eigenvalue weighted by Gasteiger charge is 2.55. The predicted molar refractivity (Wildman–Crippen MR) is 87.6 cm³/mol. The molecule has 0 amide bonds. The molecule has 1 aliphatic carbocycles. The molecular formula is C14H18Br2O8. The molecular weight excluding hydrogens is 456 g/mol. The van der Waals surface area contributed by atoms with Gasteiger partial charge in [-0.2, -0.15) is 0 Å². The minimum Gasteiger partial charge on any atom is -0.457 e. The van der Waals surface area contributed by atoms with Gasteiger partial charge in [-0.05, 0) is 0 Å². The molecule has 6 atom stereocenters. The second kappa shape index (κ2) is 8.80. The quantitative estimate of drug-likeness (QED) is 0.341. The lowest BCUT2D eigenvalue weighted by atomic mass is 9.88. The van der Waals surface area contributed by atoms with Gasteiger partial charge < -0.3 is 18.9 Å². The molecule has 0 radical (unpaired) electrons. The van der Waals surface area contributed by atoms with Crippen LogP contribution in [0.4, 0.5) is 0 Å². The largest absolute Gasteiger partial charge is 0.457 e. The van der Waals surface area contributed by atoms with Crippen molar-refractivity contribution in [3.63, 3.8) is 0 Å². The first-order valence-electron chi connectivity index (χ1n) is 7.01. The molecule has 1 fully saturated rings. The van der Waals surface area contributed by atoms with Gasteiger partial charge in [-0.25, -0.2) is 0 Å². The van der Waals surface area contributed by atoms with E-state index < -0.39 is 57.9 Å². The summed E-state index contributed by atoms with van der Waals surface area (Å²) < 4.78 is 20.9. The van der Waals surface area contributed by atoms with E-state index in [1.54, 1.807) is 0 Å². The molecule has 10 heteroatoms. The third kappa shape index (κ3) is 5.44. The molecule has 0 bridgehead atoms. The lowest BCUT2D eigenvalue weighted by Crippen LogP contribution is -2.64. The molecule has 0 aromatic rings. The van der Waals surface area contributed by atoms with Crippen LogP contribution in [0.2, 0.25) is 0 Å². The van der Waals surface area contributed by atoms with Crippen molar-refractivity contribution in [2.24, 2.45) is 0 Å². The number of carbonyl (C=O) groups excluding carboxylic acids is 4. The van der Waals surface area contributed by atoms with Gasteiger partial charge in [-0.1, -0.05) is 31.9 Å². The van der Waals surface area contributed by atoms with Crippen LogP contribution in [0.15, 0.2) is 0 Å². The Bertz CT molecular complexity index is 477. The van der Waals surface area contributed by atoms with Gasteiger partial charge in [0.1, 0.15) is 0 Å². The number of rotatable bonds is 4. The van der Waals surface area contributed by atoms with Crippen molar-refractivity contribution in [2.45, 2.75) is 61.8 Å². The zero-order valence-electron chi connectivity index (χ0n) is 13.5. The fourth-order valence-corrected chi connectivity index (χ4v) is 3.82. The van der Waals surface area contributed by atoms with Crippen LogP contribution in [-0.2, 0) is 38.1 Å². The molecule has 0 spiro atoms. The van der Waals surface area contributed by atoms with E-state index in [4.69, 9.17) is 18.9 Å². The summed E-state index contributed by atoms with van der Waals surface area (Å²) in [4.78, 5) is 44.6. The van der Waals surface area contributed by atoms with Gasteiger partial charge in [0.05, 0.1) is 9.65 Å². The Balaban J connectivity index is 3.28. The monoisotopic (exact) mass is 472 g/mol. The van der Waals surface area contributed by atoms with E-state index in [2.05, 4.69) is 31.9 Å². The maximum Gasteiger partial charge on any atom is 0.303 e. The first kappa shape index (κ1) is 20.9. The van der Waals surface area contributed by atoms with Crippen LogP contribution >= 0.6 is 31.9 Å². The van der Waals surface area contributed by atoms with Gasteiger partial charge in [-0.15, -0.1) is 0 Å². The van der Waals surface area contributed by atoms with Crippen molar-refractivity contribution < 1.29 is 38.1 Å². The molecule has 1 rings (SSSR count). The van der Waals surface area contributed by atoms with Crippen LogP contribution < -0.4 is 0 Å². The Kier molecular flexibility index (Phi) is 7.65. The van der Waals surface area contributed by atoms with Crippen LogP contribution in [0.3, 0.4) is 0 Å². The van der Waals surface area contributed by atoms with Gasteiger partial charge in [0.2, 0.25) is 0 Å². The van der Waals surface area contributed by atoms with Gasteiger partial charge in [0.15, 0.2) is 24.4 Å². The molecule has 0 aromatic carbocycles. The Morgan fingerprint density at radius 2 is 0.750 bits per heavy atom. The number of hydrogen-bond donors (Lipinski definition) is 0. The van der Waals surface area contributed by atoms with E-state index >= 15 is 0 Å². The van der Waals surface area contributed by atoms with Crippen molar-refractivity contribution in [3.05, 3.63) is 0 Å². The Labute approximate surface area is 155 Å². The summed E-state index contributed by atoms with van der Waals surface area (Å²) >= 11 is 6.71. The third-order valence-corrected chi connectivity index (χ3v) is 6.00. The lowest BCUT2D eigenvalue weighted by molar-refractivity contribution is -0.206. The number of halogens is 2. The minimum absolute atomic E-state index is 0.568. The number of carbonyl (C=O) groups is 4. The molecule has 8 nitrogen and oxygen atoms in total. The molecule has 1 saturated carbocycles. The maximum absolute atomic E-state index is 11.5. The van der Waals surface area contributed by atoms with Crippen molar-refractivity contribution in [3.8, 4) is 0 Å². The van der Waals surface area contributed by atoms with Crippen molar-refractivity contribution >= 4 is 55.7 Å². The molecule has 0 heterocycles. The zero-order chi connectivity index (χ0) is 18.6. The van der Waals surface area contributed by atoms with Gasteiger partial charge in [-0.3, -0.25) is 19.2 Å². The second-order valence-corrected chi connectivity index (χ2v) is 7.30. The highest BCUT2D eigenvalue weighted by atomic mass is 79.9. The molecule has 0 aromatic heterocycles. The Morgan fingerprint density at radius 1 is 0.542 bits per heavy atom. The first-order valence-corrected chi connectivity index (χ1v) is 8.84. The van der Waals surface area contributed by atoms with Crippen LogP contribution in [0, 0.1) is 0 Å². The van der Waals surface area contributed by atoms with Crippen LogP contribution in [0.25, 0.3) is 0 Å². The van der Waals surface area contributed by atoms with E-state index in [1.165, 1.54) is 27.7 Å². The fourth-order valence-electron chi connectivity index (χ4n) is 2.40. The number of ether oxygens (including phenoxy) is 4. The summed E-state index contributed by atoms with van der Waals surface area (Å²) in [6.07, 6.45) is -4.19. The number of hydrogen-bond acceptors (Lipinski definition) is 8. The smallest absolute Gasteiger partial charge is 0.303 e. The van der Waals surface area contributed by atoms with Crippen molar-refractivity contribution in [1.82, 2.24) is 0 Å². The van der Waals surface area contributed by atoms with E-state index in [0.717, 1.165) is 0 Å². The summed E-state index contributed by atoms with van der Waals surface area (Å²) in [6, 6.07) is 0. The normalized spacial score (nSPS) is 32.4. The third-order valence-electron chi connectivity index (χ3n) is 3.11. The Hall–Kier alpha value is -1.16. The average molecular weight is 474 g/mol. The van der Waals surface area contributed by atoms with Gasteiger partial charge >= 0.3 is 23.9 Å². The Morgan fingerprint density at radius 3 is 0.958 bits per heavy atom. The van der Waals surface area contributed by atoms with Crippen LogP contribution in [0.1, 0.15) is 27.7 Å². The number of alkyl halides is 2. The van der Waals surface area contributed by atoms with Gasteiger partial charge in [0, 0.05) is 27.7 Å². The van der Waals surface area contributed by atoms with E-state index in [-0.39, 0.29) is 0 Å². The topological polar surface area (TPSA) is 105 Å². The second-order valence-electron chi connectivity index (χ2n) is 5.19. The summed E-state index contributed by atoms with van der Waals surface area (Å²) in [5.41, 5.74) is 0. The summed E-state index contributed by atoms with van der Waals surface area (Å²) in [6.45, 7) is 4.74. The average Bonchev–Trinajstić information content (AvgIpc) is 2.42. The van der Waals surface area contributed by atoms with Crippen molar-refractivity contribution in [2.75, 3.05) is 0 Å². The predicted octanol–water partition coefficient (Wildman–Crippen LogP) is 1.25. The molecule has 0 N–H and O–H groups in total. The lowest BCUT2D eigenvalue weighted by Gasteiger charge is -2.45. The van der Waals surface area contributed by atoms with E-state index in [1.807, 2.05) is 0 Å². The zero-order valence-corrected chi connectivity index (χ0v) is 16.7. The SMILES string of the molecule is CC(=O)O[C@@H]1[C@H](OC(C)=O)[C@@H](OC(C)=O)[C@H](Br)[C@@H](Br)[C@@H]1OC(C)=O. The van der Waals surface area contributed by atoms with Gasteiger partial charge in [0.25, 0.3) is 0 Å². The number of esters is 4. The summed E-state index contributed by atoms with van der Waals surface area (Å²) in [7, 11) is 0. The van der Waals surface area contributed by atoms with Crippen LogP contribution in [0.5, 0.6) is 0 Å². The minimum atomic E-state index is -1.14. The highest BCUT2D eigenvalue weighted by molar-refractivity contribution is 9.12. The standard InChI is InChI=1S/C14H18Br2O8/c1-5(17)21-11-9(15)10(16)12(22-6(2)18)14(24-8(4)20)13(11)23-7(3)19/h9-14H,1-4H3/t9-,10-,11+,12+,13-,14+/m1/s1. The summed E-state index contributed by atoms with van der Waals surface area (Å²) in [5.74, 6) is -2.53. The van der Waals surface area contributed by atoms with Crippen LogP contribution in [-0.4, -0.2) is 57.9 Å². The molecule has 0 unspecified atom stereocenters.